The predicted octanol–water partition coefficient (Wildman–Crippen LogP) is 8.64. The van der Waals surface area contributed by atoms with Gasteiger partial charge >= 0.3 is 0 Å². The maximum atomic E-state index is 6.41. The van der Waals surface area contributed by atoms with Crippen LogP contribution in [-0.4, -0.2) is 4.40 Å². The molecule has 0 atom stereocenters. The minimum atomic E-state index is 0.919. The Balaban J connectivity index is 1.75. The minimum absolute atomic E-state index is 0.919. The van der Waals surface area contributed by atoms with Crippen LogP contribution in [0.4, 0.5) is 0 Å². The maximum Gasteiger partial charge on any atom is 0.136 e. The largest absolute Gasteiger partial charge is 0.456 e. The molecule has 0 aliphatic heterocycles. The smallest absolute Gasteiger partial charge is 0.136 e. The second-order valence-corrected chi connectivity index (χ2v) is 8.90. The Hall–Kier alpha value is -4.50. The Morgan fingerprint density at radius 3 is 1.85 bits per heavy atom. The van der Waals surface area contributed by atoms with Gasteiger partial charge in [0.1, 0.15) is 22.3 Å². The van der Waals surface area contributed by atoms with Crippen molar-refractivity contribution in [3.63, 3.8) is 0 Å². The standard InChI is InChI=1S/C30H15NO2/c1-4-10-20-16(7-1)19-15-25-27(18-9-3-6-12-23(18)33-25)29-28-21(31(20)30(19)29)13-14-24-26(28)17-8-2-5-11-22(17)32-24/h1-15H. The summed E-state index contributed by atoms with van der Waals surface area (Å²) in [4.78, 5) is 0. The molecule has 0 aliphatic rings. The molecule has 0 bridgehead atoms. The lowest BCUT2D eigenvalue weighted by Gasteiger charge is -2.00. The molecule has 0 amide bonds. The summed E-state index contributed by atoms with van der Waals surface area (Å²) in [5.74, 6) is 0. The molecule has 0 radical (unpaired) electrons. The summed E-state index contributed by atoms with van der Waals surface area (Å²) in [5.41, 5.74) is 7.36. The van der Waals surface area contributed by atoms with E-state index in [9.17, 15) is 0 Å². The van der Waals surface area contributed by atoms with Crippen molar-refractivity contribution in [2.75, 3.05) is 0 Å². The van der Waals surface area contributed by atoms with Gasteiger partial charge in [0, 0.05) is 43.1 Å². The topological polar surface area (TPSA) is 30.7 Å². The second-order valence-electron chi connectivity index (χ2n) is 8.90. The summed E-state index contributed by atoms with van der Waals surface area (Å²) in [5, 5.41) is 9.62. The van der Waals surface area contributed by atoms with Crippen molar-refractivity contribution < 1.29 is 8.83 Å². The van der Waals surface area contributed by atoms with Gasteiger partial charge in [-0.05, 0) is 36.4 Å². The van der Waals surface area contributed by atoms with Gasteiger partial charge in [-0.15, -0.1) is 0 Å². The zero-order valence-corrected chi connectivity index (χ0v) is 17.4. The Bertz CT molecular complexity index is 2240. The molecule has 9 aromatic rings. The minimum Gasteiger partial charge on any atom is -0.456 e. The Morgan fingerprint density at radius 1 is 0.424 bits per heavy atom. The fourth-order valence-corrected chi connectivity index (χ4v) is 6.07. The summed E-state index contributed by atoms with van der Waals surface area (Å²) in [6, 6.07) is 31.9. The summed E-state index contributed by atoms with van der Waals surface area (Å²) in [6.45, 7) is 0. The third kappa shape index (κ3) is 1.74. The van der Waals surface area contributed by atoms with Crippen LogP contribution < -0.4 is 0 Å². The monoisotopic (exact) mass is 421 g/mol. The fourth-order valence-electron chi connectivity index (χ4n) is 6.07. The lowest BCUT2D eigenvalue weighted by atomic mass is 9.99. The number of hydrogen-bond donors (Lipinski definition) is 0. The molecule has 4 heterocycles. The van der Waals surface area contributed by atoms with Crippen molar-refractivity contribution in [1.29, 1.82) is 0 Å². The van der Waals surface area contributed by atoms with Crippen LogP contribution in [0.5, 0.6) is 0 Å². The number of rotatable bonds is 0. The predicted molar refractivity (Wildman–Crippen MR) is 136 cm³/mol. The number of hydrogen-bond acceptors (Lipinski definition) is 2. The highest BCUT2D eigenvalue weighted by atomic mass is 16.3. The molecule has 0 saturated heterocycles. The molecule has 4 aromatic heterocycles. The summed E-state index contributed by atoms with van der Waals surface area (Å²) >= 11 is 0. The van der Waals surface area contributed by atoms with Crippen molar-refractivity contribution in [3.05, 3.63) is 91.0 Å². The number of fused-ring (bicyclic) bond motifs is 14. The van der Waals surface area contributed by atoms with Crippen LogP contribution in [0.25, 0.3) is 82.0 Å². The van der Waals surface area contributed by atoms with Gasteiger partial charge in [-0.1, -0.05) is 54.6 Å². The van der Waals surface area contributed by atoms with Crippen molar-refractivity contribution >= 4 is 82.0 Å². The Morgan fingerprint density at radius 2 is 1.06 bits per heavy atom. The lowest BCUT2D eigenvalue weighted by molar-refractivity contribution is 0.669. The van der Waals surface area contributed by atoms with Gasteiger partial charge in [0.2, 0.25) is 0 Å². The average molecular weight is 421 g/mol. The number of benzene rings is 5. The van der Waals surface area contributed by atoms with Crippen molar-refractivity contribution in [2.45, 2.75) is 0 Å². The number of furan rings is 2. The van der Waals surface area contributed by atoms with Gasteiger partial charge in [0.05, 0.1) is 16.6 Å². The van der Waals surface area contributed by atoms with Crippen molar-refractivity contribution in [2.24, 2.45) is 0 Å². The lowest BCUT2D eigenvalue weighted by Crippen LogP contribution is -1.79. The molecule has 0 fully saturated rings. The highest BCUT2D eigenvalue weighted by Gasteiger charge is 2.25. The first-order chi connectivity index (χ1) is 16.4. The third-order valence-corrected chi connectivity index (χ3v) is 7.31. The summed E-state index contributed by atoms with van der Waals surface area (Å²) in [7, 11) is 0. The SMILES string of the molecule is c1ccc2c(c1)oc1ccc3c(c12)c1c2c(cc4c5ccccc5n3c41)oc1ccccc12. The van der Waals surface area contributed by atoms with E-state index in [0.29, 0.717) is 0 Å². The van der Waals surface area contributed by atoms with Gasteiger partial charge < -0.3 is 13.2 Å². The first-order valence-corrected chi connectivity index (χ1v) is 11.2. The van der Waals surface area contributed by atoms with Gasteiger partial charge in [-0.25, -0.2) is 0 Å². The molecule has 0 unspecified atom stereocenters. The van der Waals surface area contributed by atoms with Crippen LogP contribution in [0.1, 0.15) is 0 Å². The molecule has 5 aromatic carbocycles. The average Bonchev–Trinajstić information content (AvgIpc) is 3.58. The van der Waals surface area contributed by atoms with E-state index in [1.807, 2.05) is 12.1 Å². The van der Waals surface area contributed by atoms with Crippen LogP contribution >= 0.6 is 0 Å². The molecule has 0 spiro atoms. The molecule has 9 rings (SSSR count). The second kappa shape index (κ2) is 5.28. The van der Waals surface area contributed by atoms with Crippen LogP contribution in [0.15, 0.2) is 99.8 Å². The van der Waals surface area contributed by atoms with E-state index in [4.69, 9.17) is 8.83 Å². The molecule has 0 saturated carbocycles. The first-order valence-electron chi connectivity index (χ1n) is 11.2. The van der Waals surface area contributed by atoms with Gasteiger partial charge in [-0.2, -0.15) is 0 Å². The van der Waals surface area contributed by atoms with Gasteiger partial charge in [0.25, 0.3) is 0 Å². The zero-order chi connectivity index (χ0) is 21.3. The number of para-hydroxylation sites is 3. The van der Waals surface area contributed by atoms with E-state index in [-0.39, 0.29) is 0 Å². The molecule has 0 N–H and O–H groups in total. The van der Waals surface area contributed by atoms with E-state index in [2.05, 4.69) is 83.3 Å². The van der Waals surface area contributed by atoms with E-state index < -0.39 is 0 Å². The quantitative estimate of drug-likeness (QED) is 0.245. The Labute approximate surface area is 186 Å². The molecule has 3 nitrogen and oxygen atoms in total. The molecular weight excluding hydrogens is 406 g/mol. The Kier molecular flexibility index (Phi) is 2.59. The normalized spacial score (nSPS) is 12.8. The summed E-state index contributed by atoms with van der Waals surface area (Å²) < 4.78 is 15.1. The number of aromatic nitrogens is 1. The zero-order valence-electron chi connectivity index (χ0n) is 17.4. The number of nitrogens with zero attached hydrogens (tertiary/aromatic N) is 1. The first kappa shape index (κ1) is 16.2. The van der Waals surface area contributed by atoms with E-state index in [1.54, 1.807) is 0 Å². The van der Waals surface area contributed by atoms with E-state index in [1.165, 1.54) is 48.9 Å². The van der Waals surface area contributed by atoms with Crippen LogP contribution in [0, 0.1) is 0 Å². The molecular formula is C30H15NO2. The maximum absolute atomic E-state index is 6.41. The van der Waals surface area contributed by atoms with Crippen LogP contribution in [0.3, 0.4) is 0 Å². The highest BCUT2D eigenvalue weighted by Crippen LogP contribution is 2.48. The van der Waals surface area contributed by atoms with Gasteiger partial charge in [-0.3, -0.25) is 0 Å². The molecule has 152 valence electrons. The third-order valence-electron chi connectivity index (χ3n) is 7.31. The molecule has 3 heteroatoms. The van der Waals surface area contributed by atoms with Crippen molar-refractivity contribution in [1.82, 2.24) is 4.40 Å². The molecule has 33 heavy (non-hydrogen) atoms. The van der Waals surface area contributed by atoms with E-state index in [0.717, 1.165) is 33.1 Å². The molecule has 0 aliphatic carbocycles. The van der Waals surface area contributed by atoms with Crippen LogP contribution in [-0.2, 0) is 0 Å². The van der Waals surface area contributed by atoms with Crippen LogP contribution in [0.2, 0.25) is 0 Å². The van der Waals surface area contributed by atoms with Crippen molar-refractivity contribution in [3.8, 4) is 0 Å². The summed E-state index contributed by atoms with van der Waals surface area (Å²) in [6.07, 6.45) is 0. The van der Waals surface area contributed by atoms with E-state index >= 15 is 0 Å². The van der Waals surface area contributed by atoms with Gasteiger partial charge in [0.15, 0.2) is 0 Å². The fraction of sp³-hybridized carbons (Fsp3) is 0. The highest BCUT2D eigenvalue weighted by molar-refractivity contribution is 6.39.